The summed E-state index contributed by atoms with van der Waals surface area (Å²) in [6.07, 6.45) is 65.8. The zero-order valence-corrected chi connectivity index (χ0v) is 39.5. The summed E-state index contributed by atoms with van der Waals surface area (Å²) in [6, 6.07) is 0. The topological polar surface area (TPSA) is 37.3 Å². The number of hydrogen-bond acceptors (Lipinski definition) is 1. The highest BCUT2D eigenvalue weighted by Gasteiger charge is 2.36. The number of carbonyl (C=O) groups is 1. The molecule has 0 aliphatic heterocycles. The van der Waals surface area contributed by atoms with E-state index < -0.39 is 11.4 Å². The molecular formula is C54H108O2. The van der Waals surface area contributed by atoms with E-state index in [-0.39, 0.29) is 0 Å². The number of aliphatic carboxylic acids is 1. The van der Waals surface area contributed by atoms with Crippen LogP contribution in [0.15, 0.2) is 0 Å². The predicted octanol–water partition coefficient (Wildman–Crippen LogP) is 20.2. The summed E-state index contributed by atoms with van der Waals surface area (Å²) in [5.41, 5.74) is -0.469. The van der Waals surface area contributed by atoms with Gasteiger partial charge in [0.1, 0.15) is 0 Å². The first-order valence-electron chi connectivity index (χ1n) is 26.9. The van der Waals surface area contributed by atoms with Crippen LogP contribution in [-0.2, 0) is 4.79 Å². The molecule has 0 aromatic heterocycles. The second kappa shape index (κ2) is 47.2. The summed E-state index contributed by atoms with van der Waals surface area (Å²) in [6.45, 7) is 6.90. The van der Waals surface area contributed by atoms with Crippen LogP contribution in [0.3, 0.4) is 0 Å². The molecule has 0 aliphatic carbocycles. The van der Waals surface area contributed by atoms with Gasteiger partial charge in [-0.05, 0) is 19.3 Å². The van der Waals surface area contributed by atoms with E-state index in [1.165, 1.54) is 276 Å². The Balaban J connectivity index is 4.28. The lowest BCUT2D eigenvalue weighted by Crippen LogP contribution is -2.31. The van der Waals surface area contributed by atoms with Gasteiger partial charge in [-0.2, -0.15) is 0 Å². The smallest absolute Gasteiger partial charge is 0.309 e. The van der Waals surface area contributed by atoms with Crippen LogP contribution < -0.4 is 0 Å². The Kier molecular flexibility index (Phi) is 46.7. The van der Waals surface area contributed by atoms with Crippen LogP contribution in [0, 0.1) is 5.41 Å². The third kappa shape index (κ3) is 40.3. The minimum absolute atomic E-state index is 0.469. The monoisotopic (exact) mass is 789 g/mol. The molecule has 0 heterocycles. The van der Waals surface area contributed by atoms with Crippen molar-refractivity contribution in [1.82, 2.24) is 0 Å². The van der Waals surface area contributed by atoms with Crippen LogP contribution in [0.5, 0.6) is 0 Å². The van der Waals surface area contributed by atoms with Crippen LogP contribution in [-0.4, -0.2) is 11.1 Å². The van der Waals surface area contributed by atoms with Gasteiger partial charge in [-0.1, -0.05) is 316 Å². The number of hydrogen-bond donors (Lipinski definition) is 1. The quantitative estimate of drug-likeness (QED) is 0.0624. The Morgan fingerprint density at radius 1 is 0.250 bits per heavy atom. The number of rotatable bonds is 50. The molecule has 1 N–H and O–H groups in total. The van der Waals surface area contributed by atoms with Gasteiger partial charge in [-0.15, -0.1) is 0 Å². The van der Waals surface area contributed by atoms with E-state index in [4.69, 9.17) is 0 Å². The van der Waals surface area contributed by atoms with Crippen LogP contribution in [0.2, 0.25) is 0 Å². The summed E-state index contributed by atoms with van der Waals surface area (Å²) in [4.78, 5) is 13.0. The maximum absolute atomic E-state index is 13.0. The lowest BCUT2D eigenvalue weighted by atomic mass is 9.74. The molecule has 0 radical (unpaired) electrons. The summed E-state index contributed by atoms with van der Waals surface area (Å²) in [7, 11) is 0. The molecule has 0 aromatic carbocycles. The summed E-state index contributed by atoms with van der Waals surface area (Å²) >= 11 is 0. The van der Waals surface area contributed by atoms with Gasteiger partial charge in [-0.25, -0.2) is 0 Å². The lowest BCUT2D eigenvalue weighted by molar-refractivity contribution is -0.150. The fourth-order valence-corrected chi connectivity index (χ4v) is 9.38. The molecule has 336 valence electrons. The van der Waals surface area contributed by atoms with Crippen molar-refractivity contribution in [2.75, 3.05) is 0 Å². The van der Waals surface area contributed by atoms with Gasteiger partial charge < -0.3 is 5.11 Å². The molecule has 0 rings (SSSR count). The van der Waals surface area contributed by atoms with E-state index in [0.717, 1.165) is 38.5 Å². The zero-order chi connectivity index (χ0) is 40.7. The minimum atomic E-state index is -0.478. The van der Waals surface area contributed by atoms with E-state index >= 15 is 0 Å². The molecular weight excluding hydrogens is 681 g/mol. The van der Waals surface area contributed by atoms with Crippen molar-refractivity contribution in [3.05, 3.63) is 0 Å². The van der Waals surface area contributed by atoms with Crippen molar-refractivity contribution in [1.29, 1.82) is 0 Å². The van der Waals surface area contributed by atoms with Gasteiger partial charge in [0.2, 0.25) is 0 Å². The molecule has 56 heavy (non-hydrogen) atoms. The van der Waals surface area contributed by atoms with E-state index in [0.29, 0.717) is 0 Å². The van der Waals surface area contributed by atoms with E-state index in [1.807, 2.05) is 0 Å². The average molecular weight is 789 g/mol. The highest BCUT2D eigenvalue weighted by Crippen LogP contribution is 2.38. The second-order valence-electron chi connectivity index (χ2n) is 19.0. The Bertz CT molecular complexity index is 732. The largest absolute Gasteiger partial charge is 0.481 e. The summed E-state index contributed by atoms with van der Waals surface area (Å²) in [5, 5.41) is 10.7. The van der Waals surface area contributed by atoms with Gasteiger partial charge in [0.25, 0.3) is 0 Å². The fourth-order valence-electron chi connectivity index (χ4n) is 9.38. The van der Waals surface area contributed by atoms with Crippen LogP contribution in [0.4, 0.5) is 0 Å². The molecule has 1 unspecified atom stereocenters. The maximum Gasteiger partial charge on any atom is 0.309 e. The van der Waals surface area contributed by atoms with Gasteiger partial charge in [-0.3, -0.25) is 4.79 Å². The number of carboxylic acid groups (broad SMARTS) is 1. The second-order valence-corrected chi connectivity index (χ2v) is 19.0. The Hall–Kier alpha value is -0.530. The Morgan fingerprint density at radius 3 is 0.500 bits per heavy atom. The summed E-state index contributed by atoms with van der Waals surface area (Å²) in [5.74, 6) is -0.478. The highest BCUT2D eigenvalue weighted by molar-refractivity contribution is 5.74. The van der Waals surface area contributed by atoms with Crippen LogP contribution in [0.1, 0.15) is 335 Å². The molecule has 0 aromatic rings. The molecule has 1 atom stereocenters. The summed E-state index contributed by atoms with van der Waals surface area (Å²) < 4.78 is 0. The first-order chi connectivity index (χ1) is 27.6. The molecule has 0 aliphatic rings. The Morgan fingerprint density at radius 2 is 0.375 bits per heavy atom. The van der Waals surface area contributed by atoms with Gasteiger partial charge >= 0.3 is 5.97 Å². The van der Waals surface area contributed by atoms with E-state index in [2.05, 4.69) is 20.8 Å². The lowest BCUT2D eigenvalue weighted by Gasteiger charge is -2.30. The molecule has 0 saturated heterocycles. The maximum atomic E-state index is 13.0. The molecule has 2 nitrogen and oxygen atoms in total. The SMILES string of the molecule is CCCCCCCCCCCCCCCCCCCCC(CCCCCCCCCCCCCC)(CCCCCCCCCCCCCCCCCC)C(=O)O. The zero-order valence-electron chi connectivity index (χ0n) is 39.5. The van der Waals surface area contributed by atoms with Gasteiger partial charge in [0.05, 0.1) is 5.41 Å². The first-order valence-corrected chi connectivity index (χ1v) is 26.9. The van der Waals surface area contributed by atoms with E-state index in [9.17, 15) is 9.90 Å². The van der Waals surface area contributed by atoms with Crippen molar-refractivity contribution in [3.63, 3.8) is 0 Å². The minimum Gasteiger partial charge on any atom is -0.481 e. The molecule has 0 fully saturated rings. The molecule has 2 heteroatoms. The van der Waals surface area contributed by atoms with Crippen molar-refractivity contribution in [3.8, 4) is 0 Å². The molecule has 0 bridgehead atoms. The number of unbranched alkanes of at least 4 members (excludes halogenated alkanes) is 43. The van der Waals surface area contributed by atoms with E-state index in [1.54, 1.807) is 0 Å². The number of carboxylic acids is 1. The molecule has 0 amide bonds. The van der Waals surface area contributed by atoms with Crippen molar-refractivity contribution in [2.24, 2.45) is 5.41 Å². The molecule has 0 saturated carbocycles. The molecule has 0 spiro atoms. The first kappa shape index (κ1) is 55.5. The fraction of sp³-hybridized carbons (Fsp3) is 0.981. The third-order valence-electron chi connectivity index (χ3n) is 13.5. The normalized spacial score (nSPS) is 12.8. The predicted molar refractivity (Wildman–Crippen MR) is 253 cm³/mol. The van der Waals surface area contributed by atoms with Crippen LogP contribution in [0.25, 0.3) is 0 Å². The van der Waals surface area contributed by atoms with Crippen molar-refractivity contribution < 1.29 is 9.90 Å². The average Bonchev–Trinajstić information content (AvgIpc) is 3.20. The van der Waals surface area contributed by atoms with Crippen molar-refractivity contribution in [2.45, 2.75) is 335 Å². The van der Waals surface area contributed by atoms with Gasteiger partial charge in [0, 0.05) is 0 Å². The van der Waals surface area contributed by atoms with Gasteiger partial charge in [0.15, 0.2) is 0 Å². The standard InChI is InChI=1S/C54H108O2/c1-4-7-10-13-16-19-22-25-27-29-30-32-34-37-40-43-46-49-52-54(53(55)56,50-47-44-41-38-35-24-21-18-15-12-9-6-3)51-48-45-42-39-36-33-31-28-26-23-20-17-14-11-8-5-2/h4-52H2,1-3H3,(H,55,56). The third-order valence-corrected chi connectivity index (χ3v) is 13.5. The Labute approximate surface area is 355 Å². The van der Waals surface area contributed by atoms with Crippen LogP contribution >= 0.6 is 0 Å². The highest BCUT2D eigenvalue weighted by atomic mass is 16.4. The van der Waals surface area contributed by atoms with Crippen molar-refractivity contribution >= 4 is 5.97 Å².